The van der Waals surface area contributed by atoms with Gasteiger partial charge in [0.2, 0.25) is 0 Å². The van der Waals surface area contributed by atoms with Gasteiger partial charge in [0.05, 0.1) is 5.78 Å². The first-order valence-corrected chi connectivity index (χ1v) is 11.0. The zero-order valence-electron chi connectivity index (χ0n) is 16.3. The van der Waals surface area contributed by atoms with Crippen LogP contribution >= 0.6 is 7.14 Å². The predicted molar refractivity (Wildman–Crippen MR) is 100 cm³/mol. The average Bonchev–Trinajstić information content (AvgIpc) is 2.34. The van der Waals surface area contributed by atoms with E-state index >= 15 is 0 Å². The van der Waals surface area contributed by atoms with Gasteiger partial charge in [-0.3, -0.25) is 4.84 Å². The van der Waals surface area contributed by atoms with Crippen molar-refractivity contribution in [2.75, 3.05) is 13.3 Å². The Morgan fingerprint density at radius 1 is 1.00 bits per heavy atom. The Labute approximate surface area is 142 Å². The Morgan fingerprint density at radius 2 is 1.48 bits per heavy atom. The van der Waals surface area contributed by atoms with Crippen LogP contribution in [0, 0.1) is 5.41 Å². The van der Waals surface area contributed by atoms with Crippen LogP contribution in [0.3, 0.4) is 0 Å². The maximum absolute atomic E-state index is 13.0. The third-order valence-electron chi connectivity index (χ3n) is 3.79. The van der Waals surface area contributed by atoms with Gasteiger partial charge >= 0.3 is 0 Å². The standard InChI is InChI=1S/C19H34NO2P/c1-15(16-13-11-10-12-14-16)22-20(19(5,6)7)17(18(2,3)4)23(8,9)21/h10-15,17H,1-9H3. The highest BCUT2D eigenvalue weighted by atomic mass is 31.2. The van der Waals surface area contributed by atoms with Crippen LogP contribution in [-0.2, 0) is 9.40 Å². The molecule has 0 aliphatic carbocycles. The summed E-state index contributed by atoms with van der Waals surface area (Å²) >= 11 is 0. The lowest BCUT2D eigenvalue weighted by atomic mass is 9.94. The molecule has 2 atom stereocenters. The normalized spacial score (nSPS) is 16.4. The molecular weight excluding hydrogens is 305 g/mol. The maximum Gasteiger partial charge on any atom is 0.102 e. The smallest absolute Gasteiger partial charge is 0.102 e. The SMILES string of the molecule is CC(ON(C(C(C)(C)C)P(C)(C)=O)C(C)(C)C)c1ccccc1. The van der Waals surface area contributed by atoms with E-state index in [1.165, 1.54) is 0 Å². The molecule has 0 bridgehead atoms. The molecule has 0 radical (unpaired) electrons. The van der Waals surface area contributed by atoms with Gasteiger partial charge in [0.1, 0.15) is 13.2 Å². The van der Waals surface area contributed by atoms with Crippen molar-refractivity contribution in [3.05, 3.63) is 35.9 Å². The molecule has 3 nitrogen and oxygen atoms in total. The Morgan fingerprint density at radius 3 is 1.83 bits per heavy atom. The van der Waals surface area contributed by atoms with E-state index in [0.29, 0.717) is 0 Å². The van der Waals surface area contributed by atoms with Gasteiger partial charge in [-0.1, -0.05) is 51.1 Å². The number of hydrogen-bond acceptors (Lipinski definition) is 3. The van der Waals surface area contributed by atoms with Crippen LogP contribution in [-0.4, -0.2) is 29.7 Å². The lowest BCUT2D eigenvalue weighted by Crippen LogP contribution is -2.53. The van der Waals surface area contributed by atoms with E-state index in [2.05, 4.69) is 53.7 Å². The molecule has 4 heteroatoms. The van der Waals surface area contributed by atoms with Crippen LogP contribution in [0.4, 0.5) is 0 Å². The van der Waals surface area contributed by atoms with Crippen LogP contribution < -0.4 is 0 Å². The summed E-state index contributed by atoms with van der Waals surface area (Å²) in [6.45, 7) is 18.5. The molecule has 0 aromatic heterocycles. The molecule has 0 heterocycles. The maximum atomic E-state index is 13.0. The van der Waals surface area contributed by atoms with E-state index in [4.69, 9.17) is 4.84 Å². The molecule has 0 amide bonds. The lowest BCUT2D eigenvalue weighted by Gasteiger charge is -2.48. The minimum absolute atomic E-state index is 0.0909. The quantitative estimate of drug-likeness (QED) is 0.503. The first kappa shape index (κ1) is 20.4. The van der Waals surface area contributed by atoms with Crippen molar-refractivity contribution in [3.63, 3.8) is 0 Å². The highest BCUT2D eigenvalue weighted by Gasteiger charge is 2.45. The second-order valence-electron chi connectivity index (χ2n) is 8.83. The molecule has 0 spiro atoms. The van der Waals surface area contributed by atoms with Gasteiger partial charge in [-0.25, -0.2) is 0 Å². The van der Waals surface area contributed by atoms with E-state index in [0.717, 1.165) is 5.56 Å². The second kappa shape index (κ2) is 7.09. The van der Waals surface area contributed by atoms with Gasteiger partial charge in [-0.05, 0) is 52.0 Å². The second-order valence-corrected chi connectivity index (χ2v) is 12.2. The summed E-state index contributed by atoms with van der Waals surface area (Å²) in [6.07, 6.45) is -0.0909. The van der Waals surface area contributed by atoms with Crippen molar-refractivity contribution in [1.29, 1.82) is 0 Å². The van der Waals surface area contributed by atoms with E-state index in [1.807, 2.05) is 43.5 Å². The Kier molecular flexibility index (Phi) is 6.29. The highest BCUT2D eigenvalue weighted by Crippen LogP contribution is 2.54. The summed E-state index contributed by atoms with van der Waals surface area (Å²) in [5, 5.41) is 1.98. The summed E-state index contributed by atoms with van der Waals surface area (Å²) in [7, 11) is -2.40. The summed E-state index contributed by atoms with van der Waals surface area (Å²) in [4.78, 5) is 6.38. The van der Waals surface area contributed by atoms with Crippen molar-refractivity contribution in [2.45, 2.75) is 65.9 Å². The molecule has 0 saturated heterocycles. The molecule has 1 aromatic rings. The molecule has 0 N–H and O–H groups in total. The molecular formula is C19H34NO2P. The number of nitrogens with zero attached hydrogens (tertiary/aromatic N) is 1. The Bertz CT molecular complexity index is 537. The minimum Gasteiger partial charge on any atom is -0.322 e. The first-order chi connectivity index (χ1) is 10.2. The van der Waals surface area contributed by atoms with Gasteiger partial charge in [-0.2, -0.15) is 5.06 Å². The van der Waals surface area contributed by atoms with Gasteiger partial charge < -0.3 is 4.57 Å². The van der Waals surface area contributed by atoms with Crippen molar-refractivity contribution in [3.8, 4) is 0 Å². The van der Waals surface area contributed by atoms with Crippen LogP contribution in [0.2, 0.25) is 0 Å². The predicted octanol–water partition coefficient (Wildman–Crippen LogP) is 5.77. The van der Waals surface area contributed by atoms with E-state index in [1.54, 1.807) is 0 Å². The van der Waals surface area contributed by atoms with Crippen LogP contribution in [0.5, 0.6) is 0 Å². The van der Waals surface area contributed by atoms with Crippen molar-refractivity contribution < 1.29 is 9.40 Å². The third-order valence-corrected chi connectivity index (χ3v) is 5.95. The van der Waals surface area contributed by atoms with E-state index in [9.17, 15) is 4.57 Å². The van der Waals surface area contributed by atoms with Gasteiger partial charge in [0.25, 0.3) is 0 Å². The molecule has 23 heavy (non-hydrogen) atoms. The van der Waals surface area contributed by atoms with E-state index < -0.39 is 7.14 Å². The molecule has 2 unspecified atom stereocenters. The molecule has 0 saturated carbocycles. The van der Waals surface area contributed by atoms with Crippen molar-refractivity contribution >= 4 is 7.14 Å². The number of hydroxylamine groups is 2. The largest absolute Gasteiger partial charge is 0.322 e. The fourth-order valence-electron chi connectivity index (χ4n) is 3.07. The zero-order valence-corrected chi connectivity index (χ0v) is 17.1. The molecule has 132 valence electrons. The number of hydrogen-bond donors (Lipinski definition) is 0. The highest BCUT2D eigenvalue weighted by molar-refractivity contribution is 7.63. The average molecular weight is 339 g/mol. The number of rotatable bonds is 5. The molecule has 0 fully saturated rings. The Hall–Kier alpha value is -0.630. The Balaban J connectivity index is 3.21. The van der Waals surface area contributed by atoms with Crippen molar-refractivity contribution in [1.82, 2.24) is 5.06 Å². The summed E-state index contributed by atoms with van der Waals surface area (Å²) in [5.41, 5.74) is 0.724. The van der Waals surface area contributed by atoms with E-state index in [-0.39, 0.29) is 22.8 Å². The summed E-state index contributed by atoms with van der Waals surface area (Å²) < 4.78 is 13.0. The van der Waals surface area contributed by atoms with Gasteiger partial charge in [0, 0.05) is 5.54 Å². The molecule has 1 rings (SSSR count). The van der Waals surface area contributed by atoms with Crippen LogP contribution in [0.1, 0.15) is 60.1 Å². The van der Waals surface area contributed by atoms with Gasteiger partial charge in [-0.15, -0.1) is 0 Å². The molecule has 0 aliphatic heterocycles. The van der Waals surface area contributed by atoms with Crippen molar-refractivity contribution in [2.24, 2.45) is 5.41 Å². The first-order valence-electron chi connectivity index (χ1n) is 8.30. The topological polar surface area (TPSA) is 29.5 Å². The minimum atomic E-state index is -2.40. The van der Waals surface area contributed by atoms with Crippen LogP contribution in [0.15, 0.2) is 30.3 Å². The molecule has 0 aliphatic rings. The summed E-state index contributed by atoms with van der Waals surface area (Å²) in [5.74, 6) is -0.152. The zero-order chi connectivity index (χ0) is 18.1. The number of benzene rings is 1. The fourth-order valence-corrected chi connectivity index (χ4v) is 5.85. The van der Waals surface area contributed by atoms with Crippen LogP contribution in [0.25, 0.3) is 0 Å². The lowest BCUT2D eigenvalue weighted by molar-refractivity contribution is -0.261. The monoisotopic (exact) mass is 339 g/mol. The van der Waals surface area contributed by atoms with Gasteiger partial charge in [0.15, 0.2) is 0 Å². The third kappa shape index (κ3) is 5.74. The fraction of sp³-hybridized carbons (Fsp3) is 0.684. The summed E-state index contributed by atoms with van der Waals surface area (Å²) in [6, 6.07) is 10.2. The molecule has 1 aromatic carbocycles.